The molecule has 1 atom stereocenters. The Morgan fingerprint density at radius 1 is 1.05 bits per heavy atom. The first kappa shape index (κ1) is 25.9. The minimum atomic E-state index is -4.76. The Morgan fingerprint density at radius 3 is 2.54 bits per heavy atom. The van der Waals surface area contributed by atoms with E-state index in [1.165, 1.54) is 24.3 Å². The molecule has 1 aliphatic rings. The van der Waals surface area contributed by atoms with Gasteiger partial charge >= 0.3 is 6.36 Å². The Labute approximate surface area is 209 Å². The number of hydrogen-bond acceptors (Lipinski definition) is 8. The standard InChI is InChI=1S/C24H25F3N6O4/c25-24(26,27)36-16-9-7-15(8-10-16)21-30-20(37-33-21)12-11-19(34)28-13-3-4-14-29-22-17-5-1-2-6-18(17)23(35)32-31-22/h1-2,5-10,20H,3-4,11-14H2,(H,28,34)(H,29,31)(H,30,33)(H,32,35). The minimum absolute atomic E-state index is 0.137. The molecule has 0 radical (unpaired) electrons. The van der Waals surface area contributed by atoms with Gasteiger partial charge in [0.05, 0.1) is 5.39 Å². The number of aromatic nitrogens is 2. The van der Waals surface area contributed by atoms with Gasteiger partial charge in [0, 0.05) is 36.9 Å². The number of amidine groups is 1. The van der Waals surface area contributed by atoms with Crippen LogP contribution >= 0.6 is 0 Å². The number of carbonyl (C=O) groups is 1. The summed E-state index contributed by atoms with van der Waals surface area (Å²) in [5, 5.41) is 13.9. The van der Waals surface area contributed by atoms with E-state index in [1.54, 1.807) is 12.1 Å². The molecule has 1 amide bonds. The molecule has 0 saturated carbocycles. The summed E-state index contributed by atoms with van der Waals surface area (Å²) in [5.41, 5.74) is 2.92. The predicted molar refractivity (Wildman–Crippen MR) is 130 cm³/mol. The number of unbranched alkanes of at least 4 members (excludes halogenated alkanes) is 1. The van der Waals surface area contributed by atoms with Crippen molar-refractivity contribution in [2.24, 2.45) is 4.99 Å². The number of nitrogens with one attached hydrogen (secondary N) is 4. The lowest BCUT2D eigenvalue weighted by Crippen LogP contribution is -2.26. The van der Waals surface area contributed by atoms with Gasteiger partial charge in [0.2, 0.25) is 5.91 Å². The number of aliphatic imine (C=N–C) groups is 1. The van der Waals surface area contributed by atoms with Gasteiger partial charge < -0.3 is 15.4 Å². The first-order chi connectivity index (χ1) is 17.8. The van der Waals surface area contributed by atoms with E-state index in [0.717, 1.165) is 18.2 Å². The van der Waals surface area contributed by atoms with Crippen LogP contribution in [0.15, 0.2) is 58.3 Å². The first-order valence-corrected chi connectivity index (χ1v) is 11.6. The maximum absolute atomic E-state index is 12.3. The van der Waals surface area contributed by atoms with E-state index in [1.807, 2.05) is 12.1 Å². The van der Waals surface area contributed by atoms with E-state index in [-0.39, 0.29) is 23.6 Å². The molecule has 2 heterocycles. The third-order valence-electron chi connectivity index (χ3n) is 5.46. The zero-order valence-corrected chi connectivity index (χ0v) is 19.6. The lowest BCUT2D eigenvalue weighted by Gasteiger charge is -2.09. The number of amides is 1. The summed E-state index contributed by atoms with van der Waals surface area (Å²) >= 11 is 0. The summed E-state index contributed by atoms with van der Waals surface area (Å²) in [6.45, 7) is 1.13. The molecule has 4 rings (SSSR count). The number of rotatable bonds is 11. The fourth-order valence-electron chi connectivity index (χ4n) is 3.67. The Morgan fingerprint density at radius 2 is 1.78 bits per heavy atom. The van der Waals surface area contributed by atoms with Crippen molar-refractivity contribution in [1.82, 2.24) is 21.0 Å². The molecule has 196 valence electrons. The molecule has 13 heteroatoms. The summed E-state index contributed by atoms with van der Waals surface area (Å²) < 4.78 is 40.7. The number of anilines is 1. The number of fused-ring (bicyclic) bond motifs is 1. The molecule has 37 heavy (non-hydrogen) atoms. The van der Waals surface area contributed by atoms with Gasteiger partial charge in [-0.3, -0.25) is 9.59 Å². The fraction of sp³-hybridized carbons (Fsp3) is 0.333. The molecule has 1 aromatic heterocycles. The zero-order valence-electron chi connectivity index (χ0n) is 19.6. The fourth-order valence-corrected chi connectivity index (χ4v) is 3.67. The Hall–Kier alpha value is -4.13. The lowest BCUT2D eigenvalue weighted by molar-refractivity contribution is -0.274. The molecule has 0 spiro atoms. The highest BCUT2D eigenvalue weighted by Gasteiger charge is 2.31. The quantitative estimate of drug-likeness (QED) is 0.287. The molecular formula is C24H25F3N6O4. The second kappa shape index (κ2) is 11.7. The Kier molecular flexibility index (Phi) is 8.23. The van der Waals surface area contributed by atoms with Crippen LogP contribution in [-0.2, 0) is 9.63 Å². The molecule has 4 N–H and O–H groups in total. The van der Waals surface area contributed by atoms with Crippen LogP contribution in [0.25, 0.3) is 10.8 Å². The van der Waals surface area contributed by atoms with Gasteiger partial charge in [-0.15, -0.1) is 13.2 Å². The van der Waals surface area contributed by atoms with Crippen LogP contribution in [0.2, 0.25) is 0 Å². The van der Waals surface area contributed by atoms with Crippen molar-refractivity contribution in [3.05, 3.63) is 64.4 Å². The zero-order chi connectivity index (χ0) is 26.3. The SMILES string of the molecule is O=C(CCC1N=C(c2ccc(OC(F)(F)F)cc2)NO1)NCCCCNc1n[nH]c(=O)c2ccccc12. The van der Waals surface area contributed by atoms with Crippen molar-refractivity contribution < 1.29 is 27.5 Å². The maximum atomic E-state index is 12.3. The van der Waals surface area contributed by atoms with Crippen molar-refractivity contribution >= 4 is 28.3 Å². The second-order valence-corrected chi connectivity index (χ2v) is 8.19. The largest absolute Gasteiger partial charge is 0.573 e. The van der Waals surface area contributed by atoms with E-state index in [9.17, 15) is 22.8 Å². The molecule has 2 aromatic carbocycles. The molecule has 1 unspecified atom stereocenters. The van der Waals surface area contributed by atoms with Crippen LogP contribution in [0.5, 0.6) is 5.75 Å². The Balaban J connectivity index is 1.13. The minimum Gasteiger partial charge on any atom is -0.406 e. The smallest absolute Gasteiger partial charge is 0.406 e. The highest BCUT2D eigenvalue weighted by atomic mass is 19.4. The van der Waals surface area contributed by atoms with Crippen LogP contribution in [-0.4, -0.2) is 47.6 Å². The molecule has 1 aliphatic heterocycles. The van der Waals surface area contributed by atoms with Gasteiger partial charge in [-0.1, -0.05) is 18.2 Å². The van der Waals surface area contributed by atoms with Crippen LogP contribution in [0.4, 0.5) is 19.0 Å². The number of nitrogens with zero attached hydrogens (tertiary/aromatic N) is 2. The van der Waals surface area contributed by atoms with Gasteiger partial charge in [0.25, 0.3) is 5.56 Å². The topological polar surface area (TPSA) is 130 Å². The highest BCUT2D eigenvalue weighted by molar-refractivity contribution is 5.99. The van der Waals surface area contributed by atoms with E-state index >= 15 is 0 Å². The van der Waals surface area contributed by atoms with E-state index in [4.69, 9.17) is 4.84 Å². The Bertz CT molecular complexity index is 1310. The van der Waals surface area contributed by atoms with Crippen LogP contribution in [0, 0.1) is 0 Å². The third-order valence-corrected chi connectivity index (χ3v) is 5.46. The number of hydroxylamine groups is 1. The molecule has 0 fully saturated rings. The molecule has 3 aromatic rings. The van der Waals surface area contributed by atoms with Gasteiger partial charge in [0.1, 0.15) is 5.75 Å². The van der Waals surface area contributed by atoms with Crippen LogP contribution < -0.4 is 26.4 Å². The lowest BCUT2D eigenvalue weighted by atomic mass is 10.2. The summed E-state index contributed by atoms with van der Waals surface area (Å²) in [6.07, 6.45) is -3.27. The van der Waals surface area contributed by atoms with Crippen molar-refractivity contribution in [1.29, 1.82) is 0 Å². The molecule has 0 saturated heterocycles. The number of halogens is 3. The molecule has 10 nitrogen and oxygen atoms in total. The summed E-state index contributed by atoms with van der Waals surface area (Å²) in [6, 6.07) is 12.4. The normalized spacial score (nSPS) is 15.2. The van der Waals surface area contributed by atoms with Crippen LogP contribution in [0.3, 0.4) is 0 Å². The van der Waals surface area contributed by atoms with Crippen molar-refractivity contribution in [2.75, 3.05) is 18.4 Å². The third kappa shape index (κ3) is 7.43. The number of benzene rings is 2. The number of H-pyrrole nitrogens is 1. The molecule has 0 bridgehead atoms. The number of hydrogen-bond donors (Lipinski definition) is 4. The maximum Gasteiger partial charge on any atom is 0.573 e. The van der Waals surface area contributed by atoms with Crippen molar-refractivity contribution in [2.45, 2.75) is 38.3 Å². The van der Waals surface area contributed by atoms with E-state index < -0.39 is 12.6 Å². The van der Waals surface area contributed by atoms with E-state index in [0.29, 0.717) is 42.1 Å². The highest BCUT2D eigenvalue weighted by Crippen LogP contribution is 2.23. The number of alkyl halides is 3. The van der Waals surface area contributed by atoms with Gasteiger partial charge in [0.15, 0.2) is 17.9 Å². The van der Waals surface area contributed by atoms with Gasteiger partial charge in [-0.2, -0.15) is 5.10 Å². The average Bonchev–Trinajstić information content (AvgIpc) is 3.35. The summed E-state index contributed by atoms with van der Waals surface area (Å²) in [5.74, 6) is 0.500. The number of carbonyl (C=O) groups excluding carboxylic acids is 1. The number of ether oxygens (including phenoxy) is 1. The van der Waals surface area contributed by atoms with Crippen LogP contribution in [0.1, 0.15) is 31.2 Å². The summed E-state index contributed by atoms with van der Waals surface area (Å²) in [4.78, 5) is 33.6. The summed E-state index contributed by atoms with van der Waals surface area (Å²) in [7, 11) is 0. The van der Waals surface area contributed by atoms with E-state index in [2.05, 4.69) is 36.0 Å². The second-order valence-electron chi connectivity index (χ2n) is 8.19. The molecule has 0 aliphatic carbocycles. The first-order valence-electron chi connectivity index (χ1n) is 11.6. The predicted octanol–water partition coefficient (Wildman–Crippen LogP) is 3.22. The van der Waals surface area contributed by atoms with Crippen molar-refractivity contribution in [3.63, 3.8) is 0 Å². The number of aromatic amines is 1. The van der Waals surface area contributed by atoms with Gasteiger partial charge in [-0.25, -0.2) is 20.4 Å². The van der Waals surface area contributed by atoms with Crippen molar-refractivity contribution in [3.8, 4) is 5.75 Å². The average molecular weight is 518 g/mol. The monoisotopic (exact) mass is 518 g/mol. The van der Waals surface area contributed by atoms with Gasteiger partial charge in [-0.05, 0) is 43.2 Å². The molecular weight excluding hydrogens is 493 g/mol.